The second-order valence-corrected chi connectivity index (χ2v) is 10.5. The van der Waals surface area contributed by atoms with Crippen molar-refractivity contribution in [2.24, 2.45) is 0 Å². The molecule has 2 aliphatic rings. The quantitative estimate of drug-likeness (QED) is 0.745. The Balaban J connectivity index is 1.70. The maximum atomic E-state index is 13.5. The Morgan fingerprint density at radius 2 is 1.87 bits per heavy atom. The van der Waals surface area contributed by atoms with Crippen LogP contribution in [0.25, 0.3) is 10.9 Å². The molecule has 1 aliphatic carbocycles. The predicted molar refractivity (Wildman–Crippen MR) is 114 cm³/mol. The number of sulfone groups is 1. The maximum absolute atomic E-state index is 13.5. The molecule has 1 saturated carbocycles. The van der Waals surface area contributed by atoms with Crippen LogP contribution < -0.4 is 5.43 Å². The van der Waals surface area contributed by atoms with Crippen LogP contribution in [-0.2, 0) is 21.2 Å². The van der Waals surface area contributed by atoms with E-state index in [4.69, 9.17) is 0 Å². The second kappa shape index (κ2) is 8.23. The zero-order chi connectivity index (χ0) is 21.3. The lowest BCUT2D eigenvalue weighted by Crippen LogP contribution is -2.49. The number of fused-ring (bicyclic) bond motifs is 1. The van der Waals surface area contributed by atoms with Crippen molar-refractivity contribution >= 4 is 26.6 Å². The average molecular weight is 428 g/mol. The van der Waals surface area contributed by atoms with E-state index in [-0.39, 0.29) is 47.0 Å². The smallest absolute Gasteiger partial charge is 0.243 e. The molecule has 158 valence electrons. The number of pyridine rings is 1. The molecule has 0 bridgehead atoms. The van der Waals surface area contributed by atoms with E-state index >= 15 is 0 Å². The van der Waals surface area contributed by atoms with Crippen LogP contribution in [0.15, 0.2) is 35.3 Å². The Labute approximate surface area is 175 Å². The number of benzene rings is 1. The van der Waals surface area contributed by atoms with Crippen LogP contribution in [0.2, 0.25) is 0 Å². The number of carbonyl (C=O) groups excluding carboxylic acids is 1. The molecule has 1 aromatic heterocycles. The van der Waals surface area contributed by atoms with Crippen LogP contribution in [0.4, 0.5) is 0 Å². The Kier molecular flexibility index (Phi) is 5.65. The Morgan fingerprint density at radius 3 is 2.53 bits per heavy atom. The molecule has 30 heavy (non-hydrogen) atoms. The van der Waals surface area contributed by atoms with Gasteiger partial charge in [0.2, 0.25) is 11.3 Å². The molecule has 0 radical (unpaired) electrons. The van der Waals surface area contributed by atoms with Gasteiger partial charge in [0.1, 0.15) is 18.2 Å². The van der Waals surface area contributed by atoms with Gasteiger partial charge in [-0.05, 0) is 31.4 Å². The highest BCUT2D eigenvalue weighted by Crippen LogP contribution is 2.29. The number of hydrogen-bond donors (Lipinski definition) is 0. The molecule has 1 saturated heterocycles. The Hall–Kier alpha value is -2.66. The highest BCUT2D eigenvalue weighted by Gasteiger charge is 2.38. The zero-order valence-corrected chi connectivity index (χ0v) is 17.6. The fourth-order valence-electron chi connectivity index (χ4n) is 4.84. The third kappa shape index (κ3) is 3.99. The first-order valence-electron chi connectivity index (χ1n) is 10.4. The van der Waals surface area contributed by atoms with Crippen molar-refractivity contribution in [1.29, 1.82) is 5.26 Å². The van der Waals surface area contributed by atoms with E-state index in [1.165, 1.54) is 6.20 Å². The van der Waals surface area contributed by atoms with Gasteiger partial charge in [-0.3, -0.25) is 9.59 Å². The van der Waals surface area contributed by atoms with E-state index in [1.54, 1.807) is 28.8 Å². The minimum absolute atomic E-state index is 0.00541. The minimum Gasteiger partial charge on any atom is -0.336 e. The number of amides is 1. The van der Waals surface area contributed by atoms with Crippen molar-refractivity contribution in [3.63, 3.8) is 0 Å². The van der Waals surface area contributed by atoms with E-state index in [0.717, 1.165) is 32.1 Å². The van der Waals surface area contributed by atoms with Gasteiger partial charge in [-0.15, -0.1) is 0 Å². The maximum Gasteiger partial charge on any atom is 0.243 e. The van der Waals surface area contributed by atoms with Gasteiger partial charge in [0.15, 0.2) is 9.84 Å². The first kappa shape index (κ1) is 20.6. The van der Waals surface area contributed by atoms with Crippen molar-refractivity contribution in [3.8, 4) is 6.07 Å². The van der Waals surface area contributed by atoms with E-state index in [9.17, 15) is 23.3 Å². The van der Waals surface area contributed by atoms with Gasteiger partial charge in [-0.2, -0.15) is 5.26 Å². The van der Waals surface area contributed by atoms with Crippen LogP contribution in [0.1, 0.15) is 44.1 Å². The van der Waals surface area contributed by atoms with Gasteiger partial charge in [0.25, 0.3) is 0 Å². The monoisotopic (exact) mass is 427 g/mol. The third-order valence-electron chi connectivity index (χ3n) is 6.27. The molecule has 1 aromatic carbocycles. The first-order valence-corrected chi connectivity index (χ1v) is 12.3. The molecule has 1 atom stereocenters. The summed E-state index contributed by atoms with van der Waals surface area (Å²) in [6, 6.07) is 8.60. The SMILES string of the molecule is N#Cc1cn(CC(=O)N(C2CCCCC2)C2CCS(=O)(=O)C2)c2ccccc2c1=O. The number of carbonyl (C=O) groups is 1. The number of nitrogens with zero attached hydrogens (tertiary/aromatic N) is 3. The fourth-order valence-corrected chi connectivity index (χ4v) is 6.55. The summed E-state index contributed by atoms with van der Waals surface area (Å²) in [4.78, 5) is 27.8. The van der Waals surface area contributed by atoms with Crippen molar-refractivity contribution in [2.45, 2.75) is 57.2 Å². The molecule has 2 fully saturated rings. The van der Waals surface area contributed by atoms with Gasteiger partial charge in [0.05, 0.1) is 17.0 Å². The van der Waals surface area contributed by atoms with Crippen LogP contribution in [-0.4, -0.2) is 47.4 Å². The summed E-state index contributed by atoms with van der Waals surface area (Å²) in [6.45, 7) is -0.0253. The Morgan fingerprint density at radius 1 is 1.13 bits per heavy atom. The summed E-state index contributed by atoms with van der Waals surface area (Å²) in [5.41, 5.74) is 0.245. The number of hydrogen-bond acceptors (Lipinski definition) is 5. The summed E-state index contributed by atoms with van der Waals surface area (Å²) in [5, 5.41) is 9.75. The predicted octanol–water partition coefficient (Wildman–Crippen LogP) is 2.22. The zero-order valence-electron chi connectivity index (χ0n) is 16.8. The van der Waals surface area contributed by atoms with Gasteiger partial charge in [-0.25, -0.2) is 8.42 Å². The van der Waals surface area contributed by atoms with Crippen LogP contribution in [0.5, 0.6) is 0 Å². The molecule has 7 nitrogen and oxygen atoms in total. The van der Waals surface area contributed by atoms with Gasteiger partial charge >= 0.3 is 0 Å². The summed E-state index contributed by atoms with van der Waals surface area (Å²) in [7, 11) is -3.12. The lowest BCUT2D eigenvalue weighted by atomic mass is 9.93. The average Bonchev–Trinajstić information content (AvgIpc) is 3.10. The standard InChI is InChI=1S/C22H25N3O4S/c23-12-16-13-24(20-9-5-4-8-19(20)22(16)27)14-21(26)25(17-6-2-1-3-7-17)18-10-11-30(28,29)15-18/h4-5,8-9,13,17-18H,1-3,6-7,10-11,14-15H2. The third-order valence-corrected chi connectivity index (χ3v) is 8.02. The summed E-state index contributed by atoms with van der Waals surface area (Å²) in [5.74, 6) is -0.0150. The molecule has 1 aliphatic heterocycles. The number of aromatic nitrogens is 1. The molecule has 4 rings (SSSR count). The highest BCUT2D eigenvalue weighted by atomic mass is 32.2. The van der Waals surface area contributed by atoms with Crippen LogP contribution >= 0.6 is 0 Å². The summed E-state index contributed by atoms with van der Waals surface area (Å²) in [6.07, 6.45) is 6.89. The fraction of sp³-hybridized carbons (Fsp3) is 0.500. The number of rotatable bonds is 4. The van der Waals surface area contributed by atoms with Crippen LogP contribution in [0, 0.1) is 11.3 Å². The second-order valence-electron chi connectivity index (χ2n) is 8.28. The van der Waals surface area contributed by atoms with Crippen molar-refractivity contribution in [2.75, 3.05) is 11.5 Å². The molecule has 2 heterocycles. The molecule has 0 spiro atoms. The van der Waals surface area contributed by atoms with E-state index in [2.05, 4.69) is 0 Å². The highest BCUT2D eigenvalue weighted by molar-refractivity contribution is 7.91. The van der Waals surface area contributed by atoms with E-state index in [1.807, 2.05) is 11.0 Å². The van der Waals surface area contributed by atoms with E-state index in [0.29, 0.717) is 17.3 Å². The van der Waals surface area contributed by atoms with Crippen molar-refractivity contribution in [3.05, 3.63) is 46.2 Å². The lowest BCUT2D eigenvalue weighted by Gasteiger charge is -2.38. The molecular formula is C22H25N3O4S. The molecule has 1 unspecified atom stereocenters. The molecule has 8 heteroatoms. The molecular weight excluding hydrogens is 402 g/mol. The van der Waals surface area contributed by atoms with Gasteiger partial charge in [-0.1, -0.05) is 31.4 Å². The molecule has 1 amide bonds. The van der Waals surface area contributed by atoms with E-state index < -0.39 is 9.84 Å². The van der Waals surface area contributed by atoms with Gasteiger partial charge < -0.3 is 9.47 Å². The largest absolute Gasteiger partial charge is 0.336 e. The summed E-state index contributed by atoms with van der Waals surface area (Å²) < 4.78 is 25.8. The van der Waals surface area contributed by atoms with Crippen molar-refractivity contribution < 1.29 is 13.2 Å². The van der Waals surface area contributed by atoms with Crippen LogP contribution in [0.3, 0.4) is 0 Å². The number of para-hydroxylation sites is 1. The topological polar surface area (TPSA) is 100 Å². The lowest BCUT2D eigenvalue weighted by molar-refractivity contribution is -0.137. The molecule has 2 aromatic rings. The molecule has 0 N–H and O–H groups in total. The summed E-state index contributed by atoms with van der Waals surface area (Å²) >= 11 is 0. The van der Waals surface area contributed by atoms with Gasteiger partial charge in [0, 0.05) is 23.7 Å². The first-order chi connectivity index (χ1) is 14.4. The number of nitriles is 1. The Bertz CT molecular complexity index is 1170. The van der Waals surface area contributed by atoms with Crippen molar-refractivity contribution in [1.82, 2.24) is 9.47 Å². The normalized spacial score (nSPS) is 21.4. The minimum atomic E-state index is -3.12.